The van der Waals surface area contributed by atoms with Gasteiger partial charge in [0.1, 0.15) is 17.4 Å². The van der Waals surface area contributed by atoms with Crippen molar-refractivity contribution in [3.8, 4) is 0 Å². The zero-order chi connectivity index (χ0) is 15.6. The number of benzene rings is 1. The van der Waals surface area contributed by atoms with Crippen LogP contribution in [0.1, 0.15) is 40.4 Å². The first-order chi connectivity index (χ1) is 9.90. The summed E-state index contributed by atoms with van der Waals surface area (Å²) in [5.41, 5.74) is 1.23. The fourth-order valence-corrected chi connectivity index (χ4v) is 1.95. The summed E-state index contributed by atoms with van der Waals surface area (Å²) in [6.07, 6.45) is -0.619. The number of aryl methyl sites for hydroxylation is 2. The molecule has 0 N–H and O–H groups in total. The van der Waals surface area contributed by atoms with Crippen LogP contribution in [0.2, 0.25) is 0 Å². The second-order valence-electron chi connectivity index (χ2n) is 4.60. The molecule has 7 nitrogen and oxygen atoms in total. The van der Waals surface area contributed by atoms with Crippen LogP contribution in [-0.4, -0.2) is 16.0 Å². The van der Waals surface area contributed by atoms with Crippen molar-refractivity contribution in [2.45, 2.75) is 26.9 Å². The molecule has 0 radical (unpaired) electrons. The van der Waals surface area contributed by atoms with Gasteiger partial charge in [-0.25, -0.2) is 4.79 Å². The van der Waals surface area contributed by atoms with Crippen LogP contribution < -0.4 is 0 Å². The zero-order valence-electron chi connectivity index (χ0n) is 11.8. The number of esters is 1. The molecule has 0 saturated carbocycles. The number of nitro benzene ring substituents is 1. The van der Waals surface area contributed by atoms with Crippen LogP contribution in [0.4, 0.5) is 5.69 Å². The fourth-order valence-electron chi connectivity index (χ4n) is 1.95. The lowest BCUT2D eigenvalue weighted by molar-refractivity contribution is -0.385. The van der Waals surface area contributed by atoms with E-state index in [1.54, 1.807) is 32.9 Å². The minimum Gasteiger partial charge on any atom is -0.454 e. The number of hydrogen-bond acceptors (Lipinski definition) is 6. The standard InChI is InChI=1S/C14H14N2O5/c1-8-13(10(3)21-15-8)14(17)20-9(2)11-5-4-6-12(7-11)16(18)19/h4-7,9H,1-3H3. The average molecular weight is 290 g/mol. The number of hydrogen-bond donors (Lipinski definition) is 0. The van der Waals surface area contributed by atoms with Crippen LogP contribution in [-0.2, 0) is 4.74 Å². The maximum atomic E-state index is 12.1. The molecule has 0 aliphatic heterocycles. The van der Waals surface area contributed by atoms with Crippen LogP contribution in [0.25, 0.3) is 0 Å². The first-order valence-electron chi connectivity index (χ1n) is 6.28. The first-order valence-corrected chi connectivity index (χ1v) is 6.28. The van der Waals surface area contributed by atoms with E-state index in [1.807, 2.05) is 0 Å². The Morgan fingerprint density at radius 1 is 1.43 bits per heavy atom. The van der Waals surface area contributed by atoms with E-state index in [1.165, 1.54) is 12.1 Å². The Balaban J connectivity index is 2.18. The molecule has 1 atom stereocenters. The summed E-state index contributed by atoms with van der Waals surface area (Å²) in [6, 6.07) is 5.98. The maximum Gasteiger partial charge on any atom is 0.344 e. The van der Waals surface area contributed by atoms with Crippen LogP contribution in [0.3, 0.4) is 0 Å². The lowest BCUT2D eigenvalue weighted by Gasteiger charge is -2.13. The largest absolute Gasteiger partial charge is 0.454 e. The molecular formula is C14H14N2O5. The van der Waals surface area contributed by atoms with E-state index >= 15 is 0 Å². The van der Waals surface area contributed by atoms with Gasteiger partial charge in [-0.05, 0) is 26.3 Å². The predicted molar refractivity (Wildman–Crippen MR) is 72.9 cm³/mol. The molecule has 0 bridgehead atoms. The number of carbonyl (C=O) groups excluding carboxylic acids is 1. The lowest BCUT2D eigenvalue weighted by atomic mass is 10.1. The number of nitro groups is 1. The third-order valence-electron chi connectivity index (χ3n) is 3.07. The molecule has 1 heterocycles. The number of nitrogens with zero attached hydrogens (tertiary/aromatic N) is 2. The molecular weight excluding hydrogens is 276 g/mol. The van der Waals surface area contributed by atoms with Crippen molar-refractivity contribution >= 4 is 11.7 Å². The summed E-state index contributed by atoms with van der Waals surface area (Å²) < 4.78 is 10.2. The highest BCUT2D eigenvalue weighted by atomic mass is 16.6. The molecule has 1 aromatic carbocycles. The zero-order valence-corrected chi connectivity index (χ0v) is 11.8. The third-order valence-corrected chi connectivity index (χ3v) is 3.07. The molecule has 0 spiro atoms. The number of non-ortho nitro benzene ring substituents is 1. The molecule has 2 aromatic rings. The second kappa shape index (κ2) is 5.74. The highest BCUT2D eigenvalue weighted by Gasteiger charge is 2.22. The minimum absolute atomic E-state index is 0.0484. The van der Waals surface area contributed by atoms with Gasteiger partial charge in [0.25, 0.3) is 5.69 Å². The second-order valence-corrected chi connectivity index (χ2v) is 4.60. The Morgan fingerprint density at radius 3 is 2.71 bits per heavy atom. The quantitative estimate of drug-likeness (QED) is 0.487. The van der Waals surface area contributed by atoms with Crippen LogP contribution in [0.15, 0.2) is 28.8 Å². The predicted octanol–water partition coefficient (Wildman–Crippen LogP) is 3.12. The summed E-state index contributed by atoms with van der Waals surface area (Å²) in [6.45, 7) is 4.91. The number of rotatable bonds is 4. The monoisotopic (exact) mass is 290 g/mol. The van der Waals surface area contributed by atoms with E-state index in [0.717, 1.165) is 0 Å². The third kappa shape index (κ3) is 3.07. The van der Waals surface area contributed by atoms with Gasteiger partial charge in [-0.1, -0.05) is 17.3 Å². The van der Waals surface area contributed by atoms with Crippen LogP contribution in [0.5, 0.6) is 0 Å². The minimum atomic E-state index is -0.619. The summed E-state index contributed by atoms with van der Waals surface area (Å²) in [7, 11) is 0. The Bertz CT molecular complexity index is 673. The Hall–Kier alpha value is -2.70. The number of ether oxygens (including phenoxy) is 1. The molecule has 0 amide bonds. The van der Waals surface area contributed by atoms with Gasteiger partial charge in [0.15, 0.2) is 0 Å². The van der Waals surface area contributed by atoms with E-state index < -0.39 is 17.0 Å². The Labute approximate surface area is 120 Å². The van der Waals surface area contributed by atoms with Gasteiger partial charge in [-0.3, -0.25) is 10.1 Å². The molecule has 0 aliphatic carbocycles. The van der Waals surface area contributed by atoms with Crippen LogP contribution >= 0.6 is 0 Å². The van der Waals surface area contributed by atoms with Crippen LogP contribution in [0, 0.1) is 24.0 Å². The van der Waals surface area contributed by atoms with Crippen molar-refractivity contribution in [2.75, 3.05) is 0 Å². The summed E-state index contributed by atoms with van der Waals surface area (Å²) in [5.74, 6) is -0.186. The highest BCUT2D eigenvalue weighted by Crippen LogP contribution is 2.24. The first kappa shape index (κ1) is 14.7. The lowest BCUT2D eigenvalue weighted by Crippen LogP contribution is -2.11. The van der Waals surface area contributed by atoms with Crippen molar-refractivity contribution in [3.05, 3.63) is 57.0 Å². The molecule has 110 valence electrons. The highest BCUT2D eigenvalue weighted by molar-refractivity contribution is 5.91. The van der Waals surface area contributed by atoms with Gasteiger partial charge in [-0.15, -0.1) is 0 Å². The smallest absolute Gasteiger partial charge is 0.344 e. The summed E-state index contributed by atoms with van der Waals surface area (Å²) in [5, 5.41) is 14.4. The van der Waals surface area contributed by atoms with E-state index in [4.69, 9.17) is 9.26 Å². The topological polar surface area (TPSA) is 95.5 Å². The van der Waals surface area contributed by atoms with Gasteiger partial charge < -0.3 is 9.26 Å². The summed E-state index contributed by atoms with van der Waals surface area (Å²) in [4.78, 5) is 22.4. The van der Waals surface area contributed by atoms with Gasteiger partial charge >= 0.3 is 5.97 Å². The van der Waals surface area contributed by atoms with Crippen molar-refractivity contribution in [3.63, 3.8) is 0 Å². The van der Waals surface area contributed by atoms with Gasteiger partial charge in [-0.2, -0.15) is 0 Å². The normalized spacial score (nSPS) is 12.0. The van der Waals surface area contributed by atoms with E-state index in [2.05, 4.69) is 5.16 Å². The van der Waals surface area contributed by atoms with Gasteiger partial charge in [0.05, 0.1) is 10.6 Å². The van der Waals surface area contributed by atoms with E-state index in [9.17, 15) is 14.9 Å². The van der Waals surface area contributed by atoms with Crippen molar-refractivity contribution in [1.82, 2.24) is 5.16 Å². The molecule has 0 saturated heterocycles. The molecule has 21 heavy (non-hydrogen) atoms. The van der Waals surface area contributed by atoms with Gasteiger partial charge in [0, 0.05) is 12.1 Å². The number of aromatic nitrogens is 1. The maximum absolute atomic E-state index is 12.1. The van der Waals surface area contributed by atoms with Crippen molar-refractivity contribution in [2.24, 2.45) is 0 Å². The summed E-state index contributed by atoms with van der Waals surface area (Å²) >= 11 is 0. The molecule has 0 fully saturated rings. The SMILES string of the molecule is Cc1noc(C)c1C(=O)OC(C)c1cccc([N+](=O)[O-])c1. The average Bonchev–Trinajstić information content (AvgIpc) is 2.78. The Morgan fingerprint density at radius 2 is 2.14 bits per heavy atom. The molecule has 2 rings (SSSR count). The van der Waals surface area contributed by atoms with Crippen molar-refractivity contribution < 1.29 is 19.0 Å². The van der Waals surface area contributed by atoms with Gasteiger partial charge in [0.2, 0.25) is 0 Å². The fraction of sp³-hybridized carbons (Fsp3) is 0.286. The number of carbonyl (C=O) groups is 1. The Kier molecular flexibility index (Phi) is 4.02. The van der Waals surface area contributed by atoms with E-state index in [0.29, 0.717) is 17.0 Å². The molecule has 1 aromatic heterocycles. The molecule has 0 aliphatic rings. The molecule has 1 unspecified atom stereocenters. The molecule has 7 heteroatoms. The van der Waals surface area contributed by atoms with Crippen molar-refractivity contribution in [1.29, 1.82) is 0 Å². The van der Waals surface area contributed by atoms with E-state index in [-0.39, 0.29) is 11.3 Å².